The molecule has 34 heavy (non-hydrogen) atoms. The molecule has 0 unspecified atom stereocenters. The van der Waals surface area contributed by atoms with Gasteiger partial charge in [-0.3, -0.25) is 10.1 Å². The van der Waals surface area contributed by atoms with Crippen LogP contribution in [0.1, 0.15) is 17.3 Å². The zero-order chi connectivity index (χ0) is 24.1. The molecule has 0 radical (unpaired) electrons. The van der Waals surface area contributed by atoms with Crippen molar-refractivity contribution in [3.63, 3.8) is 0 Å². The van der Waals surface area contributed by atoms with E-state index in [1.54, 1.807) is 31.2 Å². The Bertz CT molecular complexity index is 1380. The first kappa shape index (κ1) is 22.7. The Balaban J connectivity index is 1.42. The summed E-state index contributed by atoms with van der Waals surface area (Å²) in [5, 5.41) is 6.97. The van der Waals surface area contributed by atoms with Gasteiger partial charge in [-0.1, -0.05) is 24.3 Å². The van der Waals surface area contributed by atoms with Gasteiger partial charge in [0.15, 0.2) is 6.61 Å². The van der Waals surface area contributed by atoms with Gasteiger partial charge in [0.25, 0.3) is 5.91 Å². The van der Waals surface area contributed by atoms with Crippen molar-refractivity contribution in [2.75, 3.05) is 31.0 Å². The van der Waals surface area contributed by atoms with Crippen LogP contribution in [0.3, 0.4) is 0 Å². The fourth-order valence-electron chi connectivity index (χ4n) is 3.43. The minimum Gasteiger partial charge on any atom is -0.495 e. The number of hydrogen-bond acceptors (Lipinski definition) is 7. The van der Waals surface area contributed by atoms with E-state index < -0.39 is 24.6 Å². The summed E-state index contributed by atoms with van der Waals surface area (Å²) >= 11 is 0. The molecule has 0 bridgehead atoms. The molecular formula is C25H22N2O7. The predicted molar refractivity (Wildman–Crippen MR) is 126 cm³/mol. The van der Waals surface area contributed by atoms with E-state index in [-0.39, 0.29) is 12.2 Å². The van der Waals surface area contributed by atoms with Gasteiger partial charge >= 0.3 is 12.1 Å². The molecule has 4 aromatic rings. The molecule has 0 aliphatic heterocycles. The van der Waals surface area contributed by atoms with Crippen LogP contribution in [0.4, 0.5) is 16.2 Å². The van der Waals surface area contributed by atoms with E-state index in [4.69, 9.17) is 18.6 Å². The van der Waals surface area contributed by atoms with Crippen molar-refractivity contribution in [2.45, 2.75) is 6.92 Å². The lowest BCUT2D eigenvalue weighted by molar-refractivity contribution is -0.119. The van der Waals surface area contributed by atoms with Crippen molar-refractivity contribution in [3.05, 3.63) is 66.2 Å². The fourth-order valence-corrected chi connectivity index (χ4v) is 3.43. The largest absolute Gasteiger partial charge is 0.495 e. The van der Waals surface area contributed by atoms with E-state index in [0.717, 1.165) is 16.4 Å². The van der Waals surface area contributed by atoms with Crippen LogP contribution in [-0.4, -0.2) is 38.3 Å². The maximum atomic E-state index is 12.5. The number of fused-ring (bicyclic) bond motifs is 3. The molecule has 9 heteroatoms. The van der Waals surface area contributed by atoms with Gasteiger partial charge < -0.3 is 23.9 Å². The number of hydrogen-bond donors (Lipinski definition) is 2. The van der Waals surface area contributed by atoms with Crippen molar-refractivity contribution in [3.8, 4) is 5.75 Å². The molecule has 0 aliphatic rings. The highest BCUT2D eigenvalue weighted by Crippen LogP contribution is 2.36. The van der Waals surface area contributed by atoms with Crippen LogP contribution < -0.4 is 15.4 Å². The summed E-state index contributed by atoms with van der Waals surface area (Å²) < 4.78 is 21.2. The van der Waals surface area contributed by atoms with Crippen LogP contribution >= 0.6 is 0 Å². The second-order valence-electron chi connectivity index (χ2n) is 7.20. The summed E-state index contributed by atoms with van der Waals surface area (Å²) in [4.78, 5) is 36.4. The van der Waals surface area contributed by atoms with Gasteiger partial charge in [0, 0.05) is 22.5 Å². The molecule has 9 nitrogen and oxygen atoms in total. The number of carbonyl (C=O) groups is 3. The van der Waals surface area contributed by atoms with Crippen LogP contribution in [0.15, 0.2) is 65.1 Å². The highest BCUT2D eigenvalue weighted by molar-refractivity contribution is 6.08. The van der Waals surface area contributed by atoms with Gasteiger partial charge in [-0.05, 0) is 37.3 Å². The van der Waals surface area contributed by atoms with Gasteiger partial charge in [0.05, 0.1) is 25.0 Å². The number of anilines is 2. The average molecular weight is 462 g/mol. The molecule has 2 amide bonds. The Labute approximate surface area is 194 Å². The minimum absolute atomic E-state index is 0.170. The Kier molecular flexibility index (Phi) is 6.63. The third-order valence-electron chi connectivity index (χ3n) is 4.93. The SMILES string of the molecule is CCOC(=O)Nc1cccc(C(=O)OCC(=O)Nc2cc3oc4ccccc4c3cc2OC)c1. The number of esters is 1. The number of rotatable bonds is 7. The molecule has 0 spiro atoms. The Morgan fingerprint density at radius 3 is 2.50 bits per heavy atom. The number of ether oxygens (including phenoxy) is 3. The van der Waals surface area contributed by atoms with Crippen LogP contribution in [0, 0.1) is 0 Å². The molecule has 1 heterocycles. The van der Waals surface area contributed by atoms with Gasteiger partial charge in [-0.2, -0.15) is 0 Å². The second-order valence-corrected chi connectivity index (χ2v) is 7.20. The van der Waals surface area contributed by atoms with E-state index in [9.17, 15) is 14.4 Å². The van der Waals surface area contributed by atoms with Crippen molar-refractivity contribution in [2.24, 2.45) is 0 Å². The number of methoxy groups -OCH3 is 1. The number of benzene rings is 3. The fraction of sp³-hybridized carbons (Fsp3) is 0.160. The molecule has 2 N–H and O–H groups in total. The molecule has 0 saturated heterocycles. The minimum atomic E-state index is -0.720. The van der Waals surface area contributed by atoms with Crippen LogP contribution in [-0.2, 0) is 14.3 Å². The molecular weight excluding hydrogens is 440 g/mol. The maximum Gasteiger partial charge on any atom is 0.411 e. The van der Waals surface area contributed by atoms with Gasteiger partial charge in [0.2, 0.25) is 0 Å². The van der Waals surface area contributed by atoms with E-state index >= 15 is 0 Å². The first-order valence-corrected chi connectivity index (χ1v) is 10.5. The molecule has 1 aromatic heterocycles. The van der Waals surface area contributed by atoms with Crippen LogP contribution in [0.25, 0.3) is 21.9 Å². The standard InChI is InChI=1S/C25H22N2O7/c1-3-32-25(30)26-16-8-6-7-15(11-16)24(29)33-14-23(28)27-19-13-21-18(12-22(19)31-2)17-9-4-5-10-20(17)34-21/h4-13H,3,14H2,1-2H3,(H,26,30)(H,27,28). The van der Waals surface area contributed by atoms with Crippen LogP contribution in [0.2, 0.25) is 0 Å². The topological polar surface area (TPSA) is 116 Å². The number of furan rings is 1. The molecule has 3 aromatic carbocycles. The van der Waals surface area contributed by atoms with E-state index in [2.05, 4.69) is 10.6 Å². The molecule has 0 aliphatic carbocycles. The summed E-state index contributed by atoms with van der Waals surface area (Å²) in [6.07, 6.45) is -0.636. The zero-order valence-corrected chi connectivity index (χ0v) is 18.5. The van der Waals surface area contributed by atoms with E-state index in [1.807, 2.05) is 24.3 Å². The summed E-state index contributed by atoms with van der Waals surface area (Å²) in [5.41, 5.74) is 2.22. The van der Waals surface area contributed by atoms with Gasteiger partial charge in [-0.25, -0.2) is 9.59 Å². The third kappa shape index (κ3) is 4.93. The summed E-state index contributed by atoms with van der Waals surface area (Å²) in [5.74, 6) is -0.832. The quantitative estimate of drug-likeness (QED) is 0.373. The Morgan fingerprint density at radius 1 is 0.882 bits per heavy atom. The number of carbonyl (C=O) groups excluding carboxylic acids is 3. The Hall–Kier alpha value is -4.53. The zero-order valence-electron chi connectivity index (χ0n) is 18.5. The third-order valence-corrected chi connectivity index (χ3v) is 4.93. The maximum absolute atomic E-state index is 12.5. The Morgan fingerprint density at radius 2 is 1.71 bits per heavy atom. The lowest BCUT2D eigenvalue weighted by Gasteiger charge is -2.11. The molecule has 174 valence electrons. The van der Waals surface area contributed by atoms with Crippen LogP contribution in [0.5, 0.6) is 5.75 Å². The number of nitrogens with one attached hydrogen (secondary N) is 2. The first-order chi connectivity index (χ1) is 16.5. The second kappa shape index (κ2) is 9.95. The van der Waals surface area contributed by atoms with E-state index in [1.165, 1.54) is 19.2 Å². The van der Waals surface area contributed by atoms with Crippen molar-refractivity contribution in [1.82, 2.24) is 0 Å². The molecule has 4 rings (SSSR count). The average Bonchev–Trinajstić information content (AvgIpc) is 3.19. The van der Waals surface area contributed by atoms with Gasteiger partial charge in [-0.15, -0.1) is 0 Å². The normalized spacial score (nSPS) is 10.6. The van der Waals surface area contributed by atoms with Crippen molar-refractivity contribution in [1.29, 1.82) is 0 Å². The summed E-state index contributed by atoms with van der Waals surface area (Å²) in [7, 11) is 1.50. The van der Waals surface area contributed by atoms with E-state index in [0.29, 0.717) is 22.7 Å². The monoisotopic (exact) mass is 462 g/mol. The predicted octanol–water partition coefficient (Wildman–Crippen LogP) is 4.96. The molecule has 0 fully saturated rings. The highest BCUT2D eigenvalue weighted by atomic mass is 16.5. The summed E-state index contributed by atoms with van der Waals surface area (Å²) in [6, 6.07) is 17.1. The number of para-hydroxylation sites is 1. The summed E-state index contributed by atoms with van der Waals surface area (Å²) in [6.45, 7) is 1.38. The lowest BCUT2D eigenvalue weighted by Crippen LogP contribution is -2.21. The lowest BCUT2D eigenvalue weighted by atomic mass is 10.1. The highest BCUT2D eigenvalue weighted by Gasteiger charge is 2.16. The smallest absolute Gasteiger partial charge is 0.411 e. The molecule has 0 saturated carbocycles. The van der Waals surface area contributed by atoms with Crippen molar-refractivity contribution >= 4 is 51.3 Å². The molecule has 0 atom stereocenters. The number of amides is 2. The van der Waals surface area contributed by atoms with Gasteiger partial charge in [0.1, 0.15) is 16.9 Å². The first-order valence-electron chi connectivity index (χ1n) is 10.5. The van der Waals surface area contributed by atoms with Crippen molar-refractivity contribution < 1.29 is 33.0 Å².